The molecule has 1 atom stereocenters. The summed E-state index contributed by atoms with van der Waals surface area (Å²) in [6, 6.07) is 7.79. The van der Waals surface area contributed by atoms with Gasteiger partial charge in [-0.1, -0.05) is 0 Å². The molecule has 0 radical (unpaired) electrons. The first-order valence-corrected chi connectivity index (χ1v) is 6.01. The number of nitrogens with two attached hydrogens (primary N) is 1. The predicted molar refractivity (Wildman–Crippen MR) is 71.2 cm³/mol. The first kappa shape index (κ1) is 11.9. The maximum atomic E-state index is 13.3. The molecule has 2 aromatic heterocycles. The van der Waals surface area contributed by atoms with E-state index in [1.807, 2.05) is 19.1 Å². The van der Waals surface area contributed by atoms with Crippen LogP contribution in [0.15, 0.2) is 47.1 Å². The van der Waals surface area contributed by atoms with Crippen molar-refractivity contribution in [2.45, 2.75) is 13.0 Å². The molecule has 0 saturated heterocycles. The number of halogens is 1. The topological polar surface area (TPSA) is 52.0 Å². The number of aromatic nitrogens is 1. The zero-order valence-electron chi connectivity index (χ0n) is 10.4. The maximum Gasteiger partial charge on any atom is 0.134 e. The molecule has 0 aliphatic carbocycles. The van der Waals surface area contributed by atoms with E-state index in [4.69, 9.17) is 10.2 Å². The fraction of sp³-hybridized carbons (Fsp3) is 0.133. The summed E-state index contributed by atoms with van der Waals surface area (Å²) in [6.45, 7) is 1.89. The van der Waals surface area contributed by atoms with Crippen molar-refractivity contribution >= 4 is 11.0 Å². The Labute approximate surface area is 109 Å². The average Bonchev–Trinajstić information content (AvgIpc) is 2.76. The van der Waals surface area contributed by atoms with Gasteiger partial charge in [-0.25, -0.2) is 4.39 Å². The summed E-state index contributed by atoms with van der Waals surface area (Å²) in [7, 11) is 0. The molecule has 0 aliphatic rings. The zero-order valence-corrected chi connectivity index (χ0v) is 10.4. The molecule has 0 saturated carbocycles. The molecule has 4 heteroatoms. The van der Waals surface area contributed by atoms with Crippen molar-refractivity contribution in [3.63, 3.8) is 0 Å². The number of nitrogens with zero attached hydrogens (tertiary/aromatic N) is 1. The molecule has 1 aromatic carbocycles. The van der Waals surface area contributed by atoms with Crippen LogP contribution in [0, 0.1) is 12.7 Å². The van der Waals surface area contributed by atoms with Crippen LogP contribution in [0.4, 0.5) is 4.39 Å². The van der Waals surface area contributed by atoms with Crippen molar-refractivity contribution in [1.29, 1.82) is 0 Å². The number of pyridine rings is 1. The fourth-order valence-corrected chi connectivity index (χ4v) is 2.23. The van der Waals surface area contributed by atoms with Gasteiger partial charge >= 0.3 is 0 Å². The Morgan fingerprint density at radius 1 is 1.21 bits per heavy atom. The van der Waals surface area contributed by atoms with Crippen LogP contribution < -0.4 is 5.73 Å². The molecule has 0 fully saturated rings. The van der Waals surface area contributed by atoms with Crippen LogP contribution in [0.2, 0.25) is 0 Å². The highest BCUT2D eigenvalue weighted by atomic mass is 19.1. The Kier molecular flexibility index (Phi) is 2.80. The van der Waals surface area contributed by atoms with Crippen LogP contribution in [-0.2, 0) is 0 Å². The van der Waals surface area contributed by atoms with Crippen LogP contribution in [0.1, 0.15) is 22.9 Å². The summed E-state index contributed by atoms with van der Waals surface area (Å²) in [5.41, 5.74) is 8.64. The monoisotopic (exact) mass is 256 g/mol. The molecule has 3 nitrogen and oxygen atoms in total. The summed E-state index contributed by atoms with van der Waals surface area (Å²) in [5.74, 6) is 0.382. The van der Waals surface area contributed by atoms with Gasteiger partial charge in [-0.3, -0.25) is 4.98 Å². The van der Waals surface area contributed by atoms with E-state index in [2.05, 4.69) is 4.98 Å². The van der Waals surface area contributed by atoms with Crippen LogP contribution in [0.25, 0.3) is 11.0 Å². The van der Waals surface area contributed by atoms with Gasteiger partial charge in [-0.05, 0) is 42.8 Å². The third-order valence-electron chi connectivity index (χ3n) is 3.28. The third kappa shape index (κ3) is 2.00. The highest BCUT2D eigenvalue weighted by molar-refractivity contribution is 5.82. The first-order chi connectivity index (χ1) is 9.16. The Bertz CT molecular complexity index is 722. The van der Waals surface area contributed by atoms with E-state index < -0.39 is 0 Å². The lowest BCUT2D eigenvalue weighted by Crippen LogP contribution is -2.11. The van der Waals surface area contributed by atoms with E-state index in [9.17, 15) is 4.39 Å². The van der Waals surface area contributed by atoms with E-state index in [0.29, 0.717) is 11.3 Å². The molecule has 0 spiro atoms. The highest BCUT2D eigenvalue weighted by Gasteiger charge is 2.18. The third-order valence-corrected chi connectivity index (χ3v) is 3.28. The SMILES string of the molecule is Cc1c(C(N)c2ccncc2)oc2ccc(F)cc12. The van der Waals surface area contributed by atoms with Gasteiger partial charge in [0.15, 0.2) is 0 Å². The average molecular weight is 256 g/mol. The van der Waals surface area contributed by atoms with Gasteiger partial charge in [-0.15, -0.1) is 0 Å². The normalized spacial score (nSPS) is 12.8. The summed E-state index contributed by atoms with van der Waals surface area (Å²) >= 11 is 0. The van der Waals surface area contributed by atoms with Gasteiger partial charge in [0.25, 0.3) is 0 Å². The minimum Gasteiger partial charge on any atom is -0.459 e. The lowest BCUT2D eigenvalue weighted by Gasteiger charge is -2.09. The van der Waals surface area contributed by atoms with E-state index >= 15 is 0 Å². The van der Waals surface area contributed by atoms with Gasteiger partial charge in [0.2, 0.25) is 0 Å². The smallest absolute Gasteiger partial charge is 0.134 e. The van der Waals surface area contributed by atoms with Crippen LogP contribution >= 0.6 is 0 Å². The standard InChI is InChI=1S/C15H13FN2O/c1-9-12-8-11(16)2-3-13(12)19-15(9)14(17)10-4-6-18-7-5-10/h2-8,14H,17H2,1H3. The summed E-state index contributed by atoms with van der Waals surface area (Å²) in [4.78, 5) is 3.96. The highest BCUT2D eigenvalue weighted by Crippen LogP contribution is 2.31. The Balaban J connectivity index is 2.13. The van der Waals surface area contributed by atoms with Crippen LogP contribution in [0.3, 0.4) is 0 Å². The molecule has 3 aromatic rings. The Hall–Kier alpha value is -2.20. The Morgan fingerprint density at radius 2 is 1.95 bits per heavy atom. The van der Waals surface area contributed by atoms with E-state index in [1.165, 1.54) is 12.1 Å². The molecule has 2 N–H and O–H groups in total. The van der Waals surface area contributed by atoms with Crippen molar-refractivity contribution < 1.29 is 8.81 Å². The second-order valence-electron chi connectivity index (χ2n) is 4.49. The van der Waals surface area contributed by atoms with Crippen molar-refractivity contribution in [2.24, 2.45) is 5.73 Å². The lowest BCUT2D eigenvalue weighted by molar-refractivity contribution is 0.520. The number of hydrogen-bond donors (Lipinski definition) is 1. The van der Waals surface area contributed by atoms with Crippen molar-refractivity contribution in [1.82, 2.24) is 4.98 Å². The largest absolute Gasteiger partial charge is 0.459 e. The minimum atomic E-state index is -0.376. The molecular formula is C15H13FN2O. The summed E-state index contributed by atoms with van der Waals surface area (Å²) < 4.78 is 19.0. The molecule has 96 valence electrons. The molecule has 2 heterocycles. The van der Waals surface area contributed by atoms with Gasteiger partial charge in [0.05, 0.1) is 6.04 Å². The van der Waals surface area contributed by atoms with E-state index in [1.54, 1.807) is 18.5 Å². The molecule has 1 unspecified atom stereocenters. The molecular weight excluding hydrogens is 243 g/mol. The maximum absolute atomic E-state index is 13.3. The number of aryl methyl sites for hydroxylation is 1. The van der Waals surface area contributed by atoms with Gasteiger partial charge < -0.3 is 10.2 Å². The summed E-state index contributed by atoms with van der Waals surface area (Å²) in [6.07, 6.45) is 3.37. The number of benzene rings is 1. The number of fused-ring (bicyclic) bond motifs is 1. The summed E-state index contributed by atoms with van der Waals surface area (Å²) in [5, 5.41) is 0.763. The van der Waals surface area contributed by atoms with Crippen molar-refractivity contribution in [2.75, 3.05) is 0 Å². The van der Waals surface area contributed by atoms with Crippen LogP contribution in [-0.4, -0.2) is 4.98 Å². The molecule has 3 rings (SSSR count). The number of furan rings is 1. The van der Waals surface area contributed by atoms with Gasteiger partial charge in [-0.2, -0.15) is 0 Å². The first-order valence-electron chi connectivity index (χ1n) is 6.01. The zero-order chi connectivity index (χ0) is 13.4. The second kappa shape index (κ2) is 4.48. The molecule has 0 aliphatic heterocycles. The molecule has 0 amide bonds. The fourth-order valence-electron chi connectivity index (χ4n) is 2.23. The molecule has 19 heavy (non-hydrogen) atoms. The number of rotatable bonds is 2. The van der Waals surface area contributed by atoms with Crippen molar-refractivity contribution in [3.05, 3.63) is 65.4 Å². The minimum absolute atomic E-state index is 0.277. The van der Waals surface area contributed by atoms with E-state index in [-0.39, 0.29) is 11.9 Å². The van der Waals surface area contributed by atoms with Crippen LogP contribution in [0.5, 0.6) is 0 Å². The van der Waals surface area contributed by atoms with Gasteiger partial charge in [0, 0.05) is 23.3 Å². The Morgan fingerprint density at radius 3 is 2.68 bits per heavy atom. The second-order valence-corrected chi connectivity index (χ2v) is 4.49. The molecule has 0 bridgehead atoms. The number of hydrogen-bond acceptors (Lipinski definition) is 3. The predicted octanol–water partition coefficient (Wildman–Crippen LogP) is 3.32. The van der Waals surface area contributed by atoms with E-state index in [0.717, 1.165) is 16.5 Å². The van der Waals surface area contributed by atoms with Crippen molar-refractivity contribution in [3.8, 4) is 0 Å². The lowest BCUT2D eigenvalue weighted by atomic mass is 10.0. The quantitative estimate of drug-likeness (QED) is 0.765. The van der Waals surface area contributed by atoms with Gasteiger partial charge in [0.1, 0.15) is 17.2 Å².